The molecule has 0 spiro atoms. The zero-order valence-corrected chi connectivity index (χ0v) is 18.1. The van der Waals surface area contributed by atoms with Crippen molar-refractivity contribution in [3.8, 4) is 5.75 Å². The molecule has 0 N–H and O–H groups in total. The van der Waals surface area contributed by atoms with Crippen molar-refractivity contribution < 1.29 is 17.9 Å². The first kappa shape index (κ1) is 21.8. The van der Waals surface area contributed by atoms with Crippen LogP contribution >= 0.6 is 0 Å². The van der Waals surface area contributed by atoms with E-state index in [2.05, 4.69) is 0 Å². The summed E-state index contributed by atoms with van der Waals surface area (Å²) in [4.78, 5) is 14.5. The van der Waals surface area contributed by atoms with E-state index in [0.29, 0.717) is 12.2 Å². The summed E-state index contributed by atoms with van der Waals surface area (Å²) >= 11 is 0. The molecular weight excluding hydrogens is 376 g/mol. The molecular formula is C21H28N2O4S. The number of amides is 1. The van der Waals surface area contributed by atoms with Gasteiger partial charge < -0.3 is 9.64 Å². The van der Waals surface area contributed by atoms with Crippen molar-refractivity contribution in [2.75, 3.05) is 24.7 Å². The smallest absolute Gasteiger partial charge is 0.246 e. The second-order valence-corrected chi connectivity index (χ2v) is 8.98. The van der Waals surface area contributed by atoms with Crippen LogP contribution in [-0.4, -0.2) is 45.7 Å². The molecule has 7 heteroatoms. The molecule has 2 aromatic rings. The highest BCUT2D eigenvalue weighted by Gasteiger charge is 2.31. The Morgan fingerprint density at radius 1 is 1.07 bits per heavy atom. The first-order chi connectivity index (χ1) is 13.0. The number of rotatable bonds is 7. The highest BCUT2D eigenvalue weighted by Crippen LogP contribution is 2.25. The summed E-state index contributed by atoms with van der Waals surface area (Å²) in [6, 6.07) is 12.1. The maximum Gasteiger partial charge on any atom is 0.246 e. The van der Waals surface area contributed by atoms with Gasteiger partial charge in [0.25, 0.3) is 0 Å². The lowest BCUT2D eigenvalue weighted by Gasteiger charge is -2.31. The van der Waals surface area contributed by atoms with Crippen molar-refractivity contribution in [3.63, 3.8) is 0 Å². The number of likely N-dealkylation sites (N-methyl/N-ethyl adjacent to an activating group) is 1. The Hall–Kier alpha value is -2.54. The van der Waals surface area contributed by atoms with Crippen molar-refractivity contribution in [1.29, 1.82) is 0 Å². The Kier molecular flexibility index (Phi) is 6.72. The highest BCUT2D eigenvalue weighted by atomic mass is 32.2. The van der Waals surface area contributed by atoms with Gasteiger partial charge in [-0.1, -0.05) is 18.2 Å². The average molecular weight is 405 g/mol. The summed E-state index contributed by atoms with van der Waals surface area (Å²) in [7, 11) is -0.374. The molecule has 2 aromatic carbocycles. The molecule has 0 aliphatic heterocycles. The maximum atomic E-state index is 13.0. The van der Waals surface area contributed by atoms with Gasteiger partial charge in [-0.15, -0.1) is 0 Å². The van der Waals surface area contributed by atoms with E-state index in [9.17, 15) is 13.2 Å². The van der Waals surface area contributed by atoms with Crippen LogP contribution in [0.2, 0.25) is 0 Å². The maximum absolute atomic E-state index is 13.0. The Morgan fingerprint density at radius 2 is 1.61 bits per heavy atom. The molecule has 0 saturated heterocycles. The van der Waals surface area contributed by atoms with E-state index >= 15 is 0 Å². The van der Waals surface area contributed by atoms with Crippen LogP contribution in [0.5, 0.6) is 5.75 Å². The number of carbonyl (C=O) groups is 1. The molecule has 1 atom stereocenters. The quantitative estimate of drug-likeness (QED) is 0.711. The topological polar surface area (TPSA) is 66.9 Å². The first-order valence-corrected chi connectivity index (χ1v) is 10.8. The Balaban J connectivity index is 2.27. The van der Waals surface area contributed by atoms with Crippen molar-refractivity contribution in [3.05, 3.63) is 59.2 Å². The highest BCUT2D eigenvalue weighted by molar-refractivity contribution is 7.92. The lowest BCUT2D eigenvalue weighted by Crippen LogP contribution is -2.48. The van der Waals surface area contributed by atoms with Gasteiger partial charge in [0, 0.05) is 13.6 Å². The van der Waals surface area contributed by atoms with E-state index in [0.717, 1.165) is 28.7 Å². The van der Waals surface area contributed by atoms with Crippen molar-refractivity contribution >= 4 is 21.6 Å². The van der Waals surface area contributed by atoms with E-state index in [1.165, 1.54) is 9.21 Å². The fourth-order valence-electron chi connectivity index (χ4n) is 3.28. The third-order valence-corrected chi connectivity index (χ3v) is 5.72. The number of anilines is 1. The van der Waals surface area contributed by atoms with Crippen molar-refractivity contribution in [1.82, 2.24) is 4.90 Å². The van der Waals surface area contributed by atoms with Gasteiger partial charge >= 0.3 is 0 Å². The summed E-state index contributed by atoms with van der Waals surface area (Å²) in [5.41, 5.74) is 3.31. The molecule has 0 radical (unpaired) electrons. The molecule has 0 aliphatic rings. The molecule has 0 heterocycles. The van der Waals surface area contributed by atoms with E-state index in [1.54, 1.807) is 33.2 Å². The second kappa shape index (κ2) is 8.65. The van der Waals surface area contributed by atoms with Crippen LogP contribution in [-0.2, 0) is 21.4 Å². The fraction of sp³-hybridized carbons (Fsp3) is 0.381. The van der Waals surface area contributed by atoms with Gasteiger partial charge in [-0.05, 0) is 61.7 Å². The van der Waals surface area contributed by atoms with Gasteiger partial charge in [0.2, 0.25) is 15.9 Å². The zero-order valence-electron chi connectivity index (χ0n) is 17.3. The molecule has 2 rings (SSSR count). The molecule has 152 valence electrons. The van der Waals surface area contributed by atoms with Crippen LogP contribution < -0.4 is 9.04 Å². The standard InChI is InChI=1S/C21H28N2O4S/c1-15-11-16(2)13-19(12-15)23(28(6,25)26)17(3)21(24)22(4)14-18-7-9-20(27-5)10-8-18/h7-13,17H,14H2,1-6H3. The van der Waals surface area contributed by atoms with E-state index in [-0.39, 0.29) is 5.91 Å². The molecule has 0 aromatic heterocycles. The van der Waals surface area contributed by atoms with Gasteiger partial charge in [-0.3, -0.25) is 9.10 Å². The third-order valence-electron chi connectivity index (χ3n) is 4.48. The van der Waals surface area contributed by atoms with Crippen molar-refractivity contribution in [2.24, 2.45) is 0 Å². The molecule has 0 bridgehead atoms. The first-order valence-electron chi connectivity index (χ1n) is 8.98. The number of carbonyl (C=O) groups excluding carboxylic acids is 1. The predicted molar refractivity (Wildman–Crippen MR) is 112 cm³/mol. The Morgan fingerprint density at radius 3 is 2.07 bits per heavy atom. The van der Waals surface area contributed by atoms with Crippen LogP contribution in [0, 0.1) is 13.8 Å². The minimum Gasteiger partial charge on any atom is -0.497 e. The van der Waals surface area contributed by atoms with Gasteiger partial charge in [0.1, 0.15) is 11.8 Å². The number of benzene rings is 2. The van der Waals surface area contributed by atoms with Gasteiger partial charge in [-0.25, -0.2) is 8.42 Å². The molecule has 6 nitrogen and oxygen atoms in total. The summed E-state index contributed by atoms with van der Waals surface area (Å²) in [5.74, 6) is 0.463. The van der Waals surface area contributed by atoms with Crippen LogP contribution in [0.1, 0.15) is 23.6 Å². The van der Waals surface area contributed by atoms with Gasteiger partial charge in [0.05, 0.1) is 19.1 Å². The lowest BCUT2D eigenvalue weighted by atomic mass is 10.1. The number of hydrogen-bond donors (Lipinski definition) is 0. The monoisotopic (exact) mass is 404 g/mol. The SMILES string of the molecule is COc1ccc(CN(C)C(=O)C(C)N(c2cc(C)cc(C)c2)S(C)(=O)=O)cc1. The minimum absolute atomic E-state index is 0.277. The summed E-state index contributed by atoms with van der Waals surface area (Å²) in [6.45, 7) is 5.79. The number of ether oxygens (including phenoxy) is 1. The van der Waals surface area contributed by atoms with Gasteiger partial charge in [0.15, 0.2) is 0 Å². The van der Waals surface area contributed by atoms with Crippen LogP contribution in [0.15, 0.2) is 42.5 Å². The second-order valence-electron chi connectivity index (χ2n) is 7.12. The van der Waals surface area contributed by atoms with E-state index in [1.807, 2.05) is 44.2 Å². The number of nitrogens with zero attached hydrogens (tertiary/aromatic N) is 2. The Labute approximate surface area is 167 Å². The molecule has 1 unspecified atom stereocenters. The minimum atomic E-state index is -3.64. The molecule has 0 aliphatic carbocycles. The zero-order chi connectivity index (χ0) is 21.1. The number of aryl methyl sites for hydroxylation is 2. The fourth-order valence-corrected chi connectivity index (χ4v) is 4.44. The van der Waals surface area contributed by atoms with E-state index < -0.39 is 16.1 Å². The largest absolute Gasteiger partial charge is 0.497 e. The molecule has 0 fully saturated rings. The molecule has 1 amide bonds. The van der Waals surface area contributed by atoms with Crippen LogP contribution in [0.4, 0.5) is 5.69 Å². The number of hydrogen-bond acceptors (Lipinski definition) is 4. The number of methoxy groups -OCH3 is 1. The van der Waals surface area contributed by atoms with E-state index in [4.69, 9.17) is 4.74 Å². The lowest BCUT2D eigenvalue weighted by molar-refractivity contribution is -0.131. The summed E-state index contributed by atoms with van der Waals surface area (Å²) in [6.07, 6.45) is 1.12. The normalized spacial score (nSPS) is 12.4. The van der Waals surface area contributed by atoms with Crippen LogP contribution in [0.25, 0.3) is 0 Å². The van der Waals surface area contributed by atoms with Crippen molar-refractivity contribution in [2.45, 2.75) is 33.4 Å². The van der Waals surface area contributed by atoms with Gasteiger partial charge in [-0.2, -0.15) is 0 Å². The van der Waals surface area contributed by atoms with Crippen LogP contribution in [0.3, 0.4) is 0 Å². The predicted octanol–water partition coefficient (Wildman–Crippen LogP) is 3.13. The number of sulfonamides is 1. The Bertz CT molecular complexity index is 919. The summed E-state index contributed by atoms with van der Waals surface area (Å²) in [5, 5.41) is 0. The average Bonchev–Trinajstić information content (AvgIpc) is 2.59. The summed E-state index contributed by atoms with van der Waals surface area (Å²) < 4.78 is 31.3. The third kappa shape index (κ3) is 5.25. The molecule has 0 saturated carbocycles. The molecule has 28 heavy (non-hydrogen) atoms.